The molecule has 0 saturated heterocycles. The molecule has 3 aromatic rings. The van der Waals surface area contributed by atoms with Gasteiger partial charge in [0.05, 0.1) is 5.39 Å². The molecule has 1 aromatic heterocycles. The molecule has 1 fully saturated rings. The molecule has 0 atom stereocenters. The molecule has 0 bridgehead atoms. The van der Waals surface area contributed by atoms with Crippen molar-refractivity contribution in [2.45, 2.75) is 45.4 Å². The van der Waals surface area contributed by atoms with Crippen molar-refractivity contribution in [1.82, 2.24) is 0 Å². The summed E-state index contributed by atoms with van der Waals surface area (Å²) in [4.78, 5) is 0. The summed E-state index contributed by atoms with van der Waals surface area (Å²) in [6, 6.07) is 16.1. The molecule has 1 saturated carbocycles. The van der Waals surface area contributed by atoms with E-state index < -0.39 is 0 Å². The van der Waals surface area contributed by atoms with E-state index in [0.717, 1.165) is 5.92 Å². The lowest BCUT2D eigenvalue weighted by Gasteiger charge is -2.14. The van der Waals surface area contributed by atoms with Crippen LogP contribution in [-0.4, -0.2) is 0 Å². The Hall–Kier alpha value is -2.15. The Labute approximate surface area is 145 Å². The summed E-state index contributed by atoms with van der Waals surface area (Å²) < 4.78 is 2.28. The summed E-state index contributed by atoms with van der Waals surface area (Å²) in [5, 5.41) is 2.67. The van der Waals surface area contributed by atoms with Gasteiger partial charge in [-0.2, -0.15) is 0 Å². The van der Waals surface area contributed by atoms with Crippen LogP contribution in [0.5, 0.6) is 0 Å². The molecule has 24 heavy (non-hydrogen) atoms. The van der Waals surface area contributed by atoms with E-state index in [1.807, 2.05) is 0 Å². The average molecular weight is 316 g/mol. The van der Waals surface area contributed by atoms with Gasteiger partial charge in [0, 0.05) is 11.6 Å². The Bertz CT molecular complexity index is 896. The van der Waals surface area contributed by atoms with Crippen molar-refractivity contribution in [2.75, 3.05) is 0 Å². The zero-order chi connectivity index (χ0) is 16.7. The molecule has 0 unspecified atom stereocenters. The maximum atomic E-state index is 2.46. The van der Waals surface area contributed by atoms with Crippen molar-refractivity contribution >= 4 is 10.8 Å². The van der Waals surface area contributed by atoms with Crippen LogP contribution in [0.15, 0.2) is 48.7 Å². The van der Waals surface area contributed by atoms with Gasteiger partial charge in [-0.05, 0) is 61.3 Å². The number of nitrogens with zero attached hydrogens (tertiary/aromatic N) is 1. The Morgan fingerprint density at radius 3 is 2.50 bits per heavy atom. The fraction of sp³-hybridized carbons (Fsp3) is 0.348. The molecular weight excluding hydrogens is 290 g/mol. The standard InChI is InChI=1S/C23H26N/c1-16-8-10-19-12-13-24(3)23(22(19)14-16)21-15-20(11-9-17(21)2)18-6-4-5-7-18/h8-15,18H,4-7H2,1-3H3/q+1. The average Bonchev–Trinajstić information content (AvgIpc) is 3.10. The monoisotopic (exact) mass is 316 g/mol. The van der Waals surface area contributed by atoms with Crippen LogP contribution in [-0.2, 0) is 7.05 Å². The Morgan fingerprint density at radius 2 is 1.71 bits per heavy atom. The van der Waals surface area contributed by atoms with Gasteiger partial charge in [-0.3, -0.25) is 0 Å². The highest BCUT2D eigenvalue weighted by Crippen LogP contribution is 2.37. The molecule has 4 rings (SSSR count). The van der Waals surface area contributed by atoms with Crippen molar-refractivity contribution in [3.63, 3.8) is 0 Å². The zero-order valence-corrected chi connectivity index (χ0v) is 15.0. The Morgan fingerprint density at radius 1 is 0.917 bits per heavy atom. The highest BCUT2D eigenvalue weighted by molar-refractivity contribution is 5.94. The topological polar surface area (TPSA) is 3.88 Å². The first-order chi connectivity index (χ1) is 11.6. The van der Waals surface area contributed by atoms with Gasteiger partial charge in [0.15, 0.2) is 6.20 Å². The maximum absolute atomic E-state index is 2.46. The molecule has 0 radical (unpaired) electrons. The van der Waals surface area contributed by atoms with Gasteiger partial charge in [-0.1, -0.05) is 42.7 Å². The van der Waals surface area contributed by atoms with E-state index >= 15 is 0 Å². The largest absolute Gasteiger partial charge is 0.220 e. The molecule has 1 aliphatic carbocycles. The van der Waals surface area contributed by atoms with Crippen LogP contribution in [0.4, 0.5) is 0 Å². The molecule has 1 heteroatoms. The molecule has 0 N–H and O–H groups in total. The van der Waals surface area contributed by atoms with Gasteiger partial charge in [0.2, 0.25) is 5.69 Å². The summed E-state index contributed by atoms with van der Waals surface area (Å²) in [6.07, 6.45) is 7.66. The summed E-state index contributed by atoms with van der Waals surface area (Å²) in [5.74, 6) is 0.756. The van der Waals surface area contributed by atoms with E-state index in [1.165, 1.54) is 64.4 Å². The number of aromatic nitrogens is 1. The number of fused-ring (bicyclic) bond motifs is 1. The minimum Gasteiger partial charge on any atom is -0.200 e. The second-order valence-electron chi connectivity index (χ2n) is 7.42. The number of hydrogen-bond donors (Lipinski definition) is 0. The number of pyridine rings is 1. The zero-order valence-electron chi connectivity index (χ0n) is 15.0. The predicted octanol–water partition coefficient (Wildman–Crippen LogP) is 5.61. The number of benzene rings is 2. The minimum atomic E-state index is 0.756. The summed E-state index contributed by atoms with van der Waals surface area (Å²) in [7, 11) is 2.17. The van der Waals surface area contributed by atoms with Gasteiger partial charge in [0.25, 0.3) is 0 Å². The second-order valence-corrected chi connectivity index (χ2v) is 7.42. The van der Waals surface area contributed by atoms with E-state index in [2.05, 4.69) is 74.1 Å². The first-order valence-electron chi connectivity index (χ1n) is 9.13. The van der Waals surface area contributed by atoms with Crippen LogP contribution < -0.4 is 4.57 Å². The Balaban J connectivity index is 1.95. The van der Waals surface area contributed by atoms with Crippen molar-refractivity contribution < 1.29 is 4.57 Å². The molecule has 1 nitrogen and oxygen atoms in total. The van der Waals surface area contributed by atoms with Crippen LogP contribution >= 0.6 is 0 Å². The molecule has 2 aromatic carbocycles. The maximum Gasteiger partial charge on any atom is 0.220 e. The lowest BCUT2D eigenvalue weighted by atomic mass is 9.91. The quantitative estimate of drug-likeness (QED) is 0.541. The summed E-state index contributed by atoms with van der Waals surface area (Å²) in [5.41, 5.74) is 6.94. The normalized spacial score (nSPS) is 15.3. The van der Waals surface area contributed by atoms with Crippen molar-refractivity contribution in [2.24, 2.45) is 7.05 Å². The lowest BCUT2D eigenvalue weighted by molar-refractivity contribution is -0.659. The number of aryl methyl sites for hydroxylation is 3. The van der Waals surface area contributed by atoms with E-state index in [9.17, 15) is 0 Å². The van der Waals surface area contributed by atoms with Gasteiger partial charge >= 0.3 is 0 Å². The third-order valence-electron chi connectivity index (χ3n) is 5.64. The minimum absolute atomic E-state index is 0.756. The fourth-order valence-electron chi connectivity index (χ4n) is 4.22. The SMILES string of the molecule is Cc1ccc2cc[n+](C)c(-c3cc(C4CCCC4)ccc3C)c2c1. The van der Waals surface area contributed by atoms with Gasteiger partial charge in [-0.15, -0.1) is 0 Å². The molecular formula is C23H26N+. The van der Waals surface area contributed by atoms with Crippen LogP contribution in [0.3, 0.4) is 0 Å². The van der Waals surface area contributed by atoms with Gasteiger partial charge < -0.3 is 0 Å². The van der Waals surface area contributed by atoms with Crippen molar-refractivity contribution in [3.05, 3.63) is 65.4 Å². The van der Waals surface area contributed by atoms with Crippen molar-refractivity contribution in [3.8, 4) is 11.3 Å². The number of rotatable bonds is 2. The first-order valence-corrected chi connectivity index (χ1v) is 9.13. The molecule has 0 amide bonds. The predicted molar refractivity (Wildman–Crippen MR) is 101 cm³/mol. The molecule has 0 aliphatic heterocycles. The molecule has 122 valence electrons. The smallest absolute Gasteiger partial charge is 0.200 e. The first kappa shape index (κ1) is 15.4. The highest BCUT2D eigenvalue weighted by atomic mass is 14.9. The van der Waals surface area contributed by atoms with Crippen molar-refractivity contribution in [1.29, 1.82) is 0 Å². The molecule has 1 heterocycles. The van der Waals surface area contributed by atoms with Gasteiger partial charge in [0.1, 0.15) is 7.05 Å². The van der Waals surface area contributed by atoms with E-state index in [1.54, 1.807) is 0 Å². The van der Waals surface area contributed by atoms with Crippen LogP contribution in [0, 0.1) is 13.8 Å². The highest BCUT2D eigenvalue weighted by Gasteiger charge is 2.21. The molecule has 0 spiro atoms. The third kappa shape index (κ3) is 2.62. The van der Waals surface area contributed by atoms with E-state index in [-0.39, 0.29) is 0 Å². The van der Waals surface area contributed by atoms with E-state index in [0.29, 0.717) is 0 Å². The summed E-state index contributed by atoms with van der Waals surface area (Å²) >= 11 is 0. The van der Waals surface area contributed by atoms with E-state index in [4.69, 9.17) is 0 Å². The fourth-order valence-corrected chi connectivity index (χ4v) is 4.22. The van der Waals surface area contributed by atoms with Crippen LogP contribution in [0.1, 0.15) is 48.3 Å². The van der Waals surface area contributed by atoms with Gasteiger partial charge in [-0.25, -0.2) is 4.57 Å². The third-order valence-corrected chi connectivity index (χ3v) is 5.64. The summed E-state index contributed by atoms with van der Waals surface area (Å²) in [6.45, 7) is 4.42. The van der Waals surface area contributed by atoms with Crippen LogP contribution in [0.2, 0.25) is 0 Å². The number of hydrogen-bond acceptors (Lipinski definition) is 0. The molecule has 1 aliphatic rings. The lowest BCUT2D eigenvalue weighted by Crippen LogP contribution is -2.30. The van der Waals surface area contributed by atoms with Crippen LogP contribution in [0.25, 0.3) is 22.0 Å². The Kier molecular flexibility index (Phi) is 3.88. The second kappa shape index (κ2) is 6.05.